The summed E-state index contributed by atoms with van der Waals surface area (Å²) in [5.41, 5.74) is -2.57. The number of cyclic esters (lactones) is 1. The molecule has 1 heterocycles. The molecule has 4 saturated carbocycles. The minimum absolute atomic E-state index is 0.0826. The van der Waals surface area contributed by atoms with Crippen molar-refractivity contribution in [3.8, 4) is 0 Å². The summed E-state index contributed by atoms with van der Waals surface area (Å²) in [6, 6.07) is 0. The molecule has 36 heavy (non-hydrogen) atoms. The number of nitrogens with zero attached hydrogens (tertiary/aromatic N) is 1. The molecule has 5 rings (SSSR count). The molecule has 0 amide bonds. The molecule has 0 saturated heterocycles. The number of rotatable bonds is 5. The van der Waals surface area contributed by atoms with Gasteiger partial charge in [-0.2, -0.15) is 0 Å². The van der Waals surface area contributed by atoms with Gasteiger partial charge >= 0.3 is 11.9 Å². The number of quaternary nitrogens is 1. The Morgan fingerprint density at radius 2 is 1.83 bits per heavy atom. The Balaban J connectivity index is 1.38. The molecule has 0 radical (unpaired) electrons. The number of ether oxygens (including phenoxy) is 2. The fourth-order valence-corrected chi connectivity index (χ4v) is 9.03. The molecule has 4 unspecified atom stereocenters. The van der Waals surface area contributed by atoms with Crippen LogP contribution in [0.3, 0.4) is 0 Å². The number of aliphatic hydroxyl groups is 2. The number of hydrogen-bond donors (Lipinski definition) is 2. The van der Waals surface area contributed by atoms with Crippen LogP contribution in [0.5, 0.6) is 0 Å². The highest BCUT2D eigenvalue weighted by Gasteiger charge is 2.71. The second-order valence-electron chi connectivity index (χ2n) is 13.5. The standard InChI is InChI=1S/C28H42NO7/c1-25-9-6-21-22(28(25,34)12-8-20(25)18-13-23(31)35-16-18)7-11-27(33)14-19(5-10-26(21,27)17-30)36-24(32)15-29(2,3)4/h13,17,19-22,33-34H,5-12,14-16H2,1-4H3/q+1/t19-,20+,21?,22?,25?,26?,27-,28-/m0/s1. The predicted octanol–water partition coefficient (Wildman–Crippen LogP) is 2.16. The lowest BCUT2D eigenvalue weighted by atomic mass is 9.41. The Kier molecular flexibility index (Phi) is 6.01. The maximum absolute atomic E-state index is 12.9. The van der Waals surface area contributed by atoms with E-state index in [1.165, 1.54) is 0 Å². The first-order valence-electron chi connectivity index (χ1n) is 13.6. The monoisotopic (exact) mass is 504 g/mol. The van der Waals surface area contributed by atoms with Crippen molar-refractivity contribution >= 4 is 18.2 Å². The smallest absolute Gasteiger partial charge is 0.362 e. The molecular weight excluding hydrogens is 462 g/mol. The molecule has 8 atom stereocenters. The van der Waals surface area contributed by atoms with Gasteiger partial charge in [-0.15, -0.1) is 0 Å². The van der Waals surface area contributed by atoms with Crippen molar-refractivity contribution < 1.29 is 38.6 Å². The topological polar surface area (TPSA) is 110 Å². The van der Waals surface area contributed by atoms with Gasteiger partial charge in [-0.05, 0) is 74.7 Å². The Morgan fingerprint density at radius 3 is 2.47 bits per heavy atom. The van der Waals surface area contributed by atoms with E-state index in [9.17, 15) is 24.6 Å². The lowest BCUT2D eigenvalue weighted by molar-refractivity contribution is -0.862. The van der Waals surface area contributed by atoms with Crippen LogP contribution < -0.4 is 0 Å². The summed E-state index contributed by atoms with van der Waals surface area (Å²) in [5, 5.41) is 24.3. The molecule has 0 spiro atoms. The maximum Gasteiger partial charge on any atom is 0.362 e. The van der Waals surface area contributed by atoms with E-state index in [4.69, 9.17) is 9.47 Å². The van der Waals surface area contributed by atoms with Gasteiger partial charge in [0.1, 0.15) is 19.0 Å². The lowest BCUT2D eigenvalue weighted by Gasteiger charge is -2.65. The van der Waals surface area contributed by atoms with Crippen LogP contribution in [-0.4, -0.2) is 84.5 Å². The van der Waals surface area contributed by atoms with Gasteiger partial charge in [0.15, 0.2) is 6.54 Å². The molecule has 0 aromatic carbocycles. The van der Waals surface area contributed by atoms with Crippen molar-refractivity contribution in [2.75, 3.05) is 34.3 Å². The summed E-state index contributed by atoms with van der Waals surface area (Å²) in [4.78, 5) is 37.1. The molecule has 8 nitrogen and oxygen atoms in total. The summed E-state index contributed by atoms with van der Waals surface area (Å²) in [7, 11) is 5.78. The zero-order valence-corrected chi connectivity index (χ0v) is 22.1. The molecule has 0 aromatic rings. The summed E-state index contributed by atoms with van der Waals surface area (Å²) >= 11 is 0. The zero-order valence-electron chi connectivity index (χ0n) is 22.1. The molecule has 200 valence electrons. The zero-order chi connectivity index (χ0) is 26.1. The number of esters is 2. The molecule has 0 bridgehead atoms. The van der Waals surface area contributed by atoms with E-state index in [1.54, 1.807) is 6.08 Å². The first kappa shape index (κ1) is 25.9. The van der Waals surface area contributed by atoms with Crippen molar-refractivity contribution in [1.82, 2.24) is 0 Å². The number of hydrogen-bond acceptors (Lipinski definition) is 7. The highest BCUT2D eigenvalue weighted by Crippen LogP contribution is 2.70. The highest BCUT2D eigenvalue weighted by atomic mass is 16.5. The second-order valence-corrected chi connectivity index (χ2v) is 13.5. The summed E-state index contributed by atoms with van der Waals surface area (Å²) in [5.74, 6) is -0.725. The minimum atomic E-state index is -1.24. The van der Waals surface area contributed by atoms with Gasteiger partial charge in [-0.1, -0.05) is 6.92 Å². The molecular formula is C28H42NO7+. The largest absolute Gasteiger partial charge is 0.458 e. The number of aldehydes is 1. The van der Waals surface area contributed by atoms with Crippen LogP contribution >= 0.6 is 0 Å². The number of fused-ring (bicyclic) bond motifs is 5. The third-order valence-corrected chi connectivity index (χ3v) is 10.7. The van der Waals surface area contributed by atoms with Crippen molar-refractivity contribution in [3.05, 3.63) is 11.6 Å². The van der Waals surface area contributed by atoms with Crippen molar-refractivity contribution in [2.45, 2.75) is 82.0 Å². The van der Waals surface area contributed by atoms with Gasteiger partial charge in [0, 0.05) is 17.9 Å². The Bertz CT molecular complexity index is 987. The van der Waals surface area contributed by atoms with Crippen LogP contribution in [0.4, 0.5) is 0 Å². The van der Waals surface area contributed by atoms with Gasteiger partial charge in [-0.3, -0.25) is 0 Å². The number of likely N-dealkylation sites (N-methyl/N-ethyl adjacent to an activating group) is 1. The molecule has 2 N–H and O–H groups in total. The summed E-state index contributed by atoms with van der Waals surface area (Å²) in [6.07, 6.45) is 7.36. The van der Waals surface area contributed by atoms with Crippen LogP contribution in [0, 0.1) is 28.6 Å². The number of carbonyl (C=O) groups excluding carboxylic acids is 3. The van der Waals surface area contributed by atoms with E-state index >= 15 is 0 Å². The molecule has 8 heteroatoms. The van der Waals surface area contributed by atoms with Crippen LogP contribution in [0.1, 0.15) is 64.7 Å². The van der Waals surface area contributed by atoms with Crippen molar-refractivity contribution in [3.63, 3.8) is 0 Å². The molecule has 1 aliphatic heterocycles. The first-order chi connectivity index (χ1) is 16.8. The van der Waals surface area contributed by atoms with E-state index in [0.717, 1.165) is 31.1 Å². The Hall–Kier alpha value is -1.77. The van der Waals surface area contributed by atoms with Crippen LogP contribution in [0.25, 0.3) is 0 Å². The van der Waals surface area contributed by atoms with Crippen LogP contribution in [0.15, 0.2) is 11.6 Å². The molecule has 4 aliphatic carbocycles. The third kappa shape index (κ3) is 3.70. The quantitative estimate of drug-likeness (QED) is 0.335. The summed E-state index contributed by atoms with van der Waals surface area (Å²) in [6.45, 7) is 2.69. The highest BCUT2D eigenvalue weighted by molar-refractivity contribution is 5.85. The van der Waals surface area contributed by atoms with E-state index in [1.807, 2.05) is 21.1 Å². The van der Waals surface area contributed by atoms with Crippen molar-refractivity contribution in [1.29, 1.82) is 0 Å². The van der Waals surface area contributed by atoms with E-state index in [-0.39, 0.29) is 42.7 Å². The first-order valence-corrected chi connectivity index (χ1v) is 13.6. The third-order valence-electron chi connectivity index (χ3n) is 10.7. The van der Waals surface area contributed by atoms with Gasteiger partial charge in [0.25, 0.3) is 0 Å². The number of carbonyl (C=O) groups is 3. The second kappa shape index (κ2) is 8.37. The van der Waals surface area contributed by atoms with Gasteiger partial charge in [0.05, 0.1) is 37.8 Å². The van der Waals surface area contributed by atoms with Crippen molar-refractivity contribution in [2.24, 2.45) is 28.6 Å². The fraction of sp³-hybridized carbons (Fsp3) is 0.821. The Morgan fingerprint density at radius 1 is 1.11 bits per heavy atom. The average Bonchev–Trinajstić information content (AvgIpc) is 3.31. The van der Waals surface area contributed by atoms with E-state index < -0.39 is 28.1 Å². The van der Waals surface area contributed by atoms with E-state index in [0.29, 0.717) is 43.2 Å². The Labute approximate surface area is 213 Å². The minimum Gasteiger partial charge on any atom is -0.458 e. The average molecular weight is 505 g/mol. The van der Waals surface area contributed by atoms with Crippen LogP contribution in [0.2, 0.25) is 0 Å². The van der Waals surface area contributed by atoms with E-state index in [2.05, 4.69) is 6.92 Å². The maximum atomic E-state index is 12.9. The predicted molar refractivity (Wildman–Crippen MR) is 130 cm³/mol. The molecule has 4 fully saturated rings. The normalized spacial score (nSPS) is 46.2. The molecule has 5 aliphatic rings. The van der Waals surface area contributed by atoms with Gasteiger partial charge < -0.3 is 29.0 Å². The van der Waals surface area contributed by atoms with Gasteiger partial charge in [0.2, 0.25) is 0 Å². The summed E-state index contributed by atoms with van der Waals surface area (Å²) < 4.78 is 11.4. The fourth-order valence-electron chi connectivity index (χ4n) is 9.03. The SMILES string of the molecule is CC12CCC3C(CC[C@]4(O)C[C@@H](OC(=O)C[N+](C)(C)C)CCC34C=O)[C@@]1(O)CC[C@@H]2C1=CC(=O)OC1. The van der Waals surface area contributed by atoms with Crippen LogP contribution in [-0.2, 0) is 23.9 Å². The lowest BCUT2D eigenvalue weighted by Crippen LogP contribution is -2.69. The van der Waals surface area contributed by atoms with Gasteiger partial charge in [-0.25, -0.2) is 9.59 Å². The molecule has 0 aromatic heterocycles.